The van der Waals surface area contributed by atoms with Gasteiger partial charge in [0, 0.05) is 16.6 Å². The van der Waals surface area contributed by atoms with Crippen LogP contribution >= 0.6 is 15.9 Å². The summed E-state index contributed by atoms with van der Waals surface area (Å²) in [5.41, 5.74) is 0.558. The topological polar surface area (TPSA) is 29.1 Å². The second-order valence-corrected chi connectivity index (χ2v) is 4.98. The minimum atomic E-state index is -1.59. The van der Waals surface area contributed by atoms with E-state index in [4.69, 9.17) is 0 Å². The molecule has 0 saturated heterocycles. The Morgan fingerprint density at radius 2 is 1.60 bits per heavy atom. The molecular formula is C14H9BrF3NO. The first-order valence-electron chi connectivity index (χ1n) is 5.64. The Labute approximate surface area is 121 Å². The Kier molecular flexibility index (Phi) is 4.44. The molecule has 104 valence electrons. The fraction of sp³-hybridized carbons (Fsp3) is 0.0714. The van der Waals surface area contributed by atoms with E-state index in [1.807, 2.05) is 0 Å². The summed E-state index contributed by atoms with van der Waals surface area (Å²) in [5.74, 6) is -5.04. The molecule has 0 fully saturated rings. The highest BCUT2D eigenvalue weighted by molar-refractivity contribution is 9.10. The number of amides is 1. The molecular weight excluding hydrogens is 335 g/mol. The maximum atomic E-state index is 13.0. The van der Waals surface area contributed by atoms with E-state index < -0.39 is 23.4 Å². The highest BCUT2D eigenvalue weighted by Gasteiger charge is 2.14. The van der Waals surface area contributed by atoms with Crippen LogP contribution < -0.4 is 5.32 Å². The third kappa shape index (κ3) is 3.39. The average molecular weight is 344 g/mol. The van der Waals surface area contributed by atoms with E-state index in [9.17, 15) is 18.0 Å². The lowest BCUT2D eigenvalue weighted by atomic mass is 10.1. The molecule has 0 aliphatic rings. The maximum Gasteiger partial charge on any atom is 0.251 e. The Morgan fingerprint density at radius 3 is 2.15 bits per heavy atom. The molecule has 1 N–H and O–H groups in total. The third-order valence-electron chi connectivity index (χ3n) is 2.61. The van der Waals surface area contributed by atoms with E-state index in [1.54, 1.807) is 24.3 Å². The van der Waals surface area contributed by atoms with Crippen molar-refractivity contribution in [2.45, 2.75) is 6.54 Å². The van der Waals surface area contributed by atoms with Crippen molar-refractivity contribution in [1.82, 2.24) is 5.32 Å². The minimum absolute atomic E-state index is 0.201. The van der Waals surface area contributed by atoms with Crippen molar-refractivity contribution < 1.29 is 18.0 Å². The average Bonchev–Trinajstić information content (AvgIpc) is 2.43. The SMILES string of the molecule is O=C(NCc1ccc(Br)cc1)c1cc(F)c(F)c(F)c1. The van der Waals surface area contributed by atoms with Crippen LogP contribution in [0.25, 0.3) is 0 Å². The predicted octanol–water partition coefficient (Wildman–Crippen LogP) is 3.80. The van der Waals surface area contributed by atoms with Gasteiger partial charge in [0.15, 0.2) is 17.5 Å². The van der Waals surface area contributed by atoms with Gasteiger partial charge in [-0.2, -0.15) is 0 Å². The molecule has 0 bridgehead atoms. The van der Waals surface area contributed by atoms with Gasteiger partial charge >= 0.3 is 0 Å². The van der Waals surface area contributed by atoms with E-state index in [0.29, 0.717) is 12.1 Å². The van der Waals surface area contributed by atoms with Crippen LogP contribution in [0.4, 0.5) is 13.2 Å². The summed E-state index contributed by atoms with van der Waals surface area (Å²) in [6, 6.07) is 8.51. The van der Waals surface area contributed by atoms with Crippen LogP contribution in [0, 0.1) is 17.5 Å². The van der Waals surface area contributed by atoms with Gasteiger partial charge in [0.2, 0.25) is 0 Å². The highest BCUT2D eigenvalue weighted by atomic mass is 79.9. The number of halogens is 4. The lowest BCUT2D eigenvalue weighted by Gasteiger charge is -2.06. The number of hydrogen-bond donors (Lipinski definition) is 1. The molecule has 6 heteroatoms. The fourth-order valence-electron chi connectivity index (χ4n) is 1.57. The summed E-state index contributed by atoms with van der Waals surface area (Å²) in [5, 5.41) is 2.50. The normalized spacial score (nSPS) is 10.4. The van der Waals surface area contributed by atoms with Gasteiger partial charge in [-0.1, -0.05) is 28.1 Å². The summed E-state index contributed by atoms with van der Waals surface area (Å²) in [6.45, 7) is 0.201. The molecule has 0 aliphatic carbocycles. The minimum Gasteiger partial charge on any atom is -0.348 e. The molecule has 1 amide bonds. The zero-order chi connectivity index (χ0) is 14.7. The fourth-order valence-corrected chi connectivity index (χ4v) is 1.84. The molecule has 0 unspecified atom stereocenters. The van der Waals surface area contributed by atoms with Gasteiger partial charge in [-0.05, 0) is 29.8 Å². The van der Waals surface area contributed by atoms with Gasteiger partial charge in [-0.25, -0.2) is 13.2 Å². The van der Waals surface area contributed by atoms with E-state index in [1.165, 1.54) is 0 Å². The summed E-state index contributed by atoms with van der Waals surface area (Å²) in [6.07, 6.45) is 0. The van der Waals surface area contributed by atoms with Crippen LogP contribution in [-0.4, -0.2) is 5.91 Å². The van der Waals surface area contributed by atoms with Gasteiger partial charge in [-0.3, -0.25) is 4.79 Å². The zero-order valence-corrected chi connectivity index (χ0v) is 11.7. The molecule has 0 spiro atoms. The molecule has 0 heterocycles. The summed E-state index contributed by atoms with van der Waals surface area (Å²) in [4.78, 5) is 11.7. The van der Waals surface area contributed by atoms with Gasteiger partial charge < -0.3 is 5.32 Å². The lowest BCUT2D eigenvalue weighted by Crippen LogP contribution is -2.23. The summed E-state index contributed by atoms with van der Waals surface area (Å²) in [7, 11) is 0. The number of hydrogen-bond acceptors (Lipinski definition) is 1. The molecule has 0 atom stereocenters. The van der Waals surface area contributed by atoms with Gasteiger partial charge in [0.1, 0.15) is 0 Å². The molecule has 0 saturated carbocycles. The molecule has 2 rings (SSSR count). The number of carbonyl (C=O) groups is 1. The van der Waals surface area contributed by atoms with Gasteiger partial charge in [0.05, 0.1) is 0 Å². The van der Waals surface area contributed by atoms with Crippen LogP contribution in [0.15, 0.2) is 40.9 Å². The maximum absolute atomic E-state index is 13.0. The Bertz CT molecular complexity index is 620. The highest BCUT2D eigenvalue weighted by Crippen LogP contribution is 2.14. The van der Waals surface area contributed by atoms with Crippen molar-refractivity contribution in [3.05, 3.63) is 69.4 Å². The van der Waals surface area contributed by atoms with Gasteiger partial charge in [-0.15, -0.1) is 0 Å². The largest absolute Gasteiger partial charge is 0.348 e. The first-order valence-corrected chi connectivity index (χ1v) is 6.44. The van der Waals surface area contributed by atoms with E-state index in [2.05, 4.69) is 21.2 Å². The molecule has 0 aliphatic heterocycles. The zero-order valence-electron chi connectivity index (χ0n) is 10.1. The first-order chi connectivity index (χ1) is 9.47. The Morgan fingerprint density at radius 1 is 1.05 bits per heavy atom. The molecule has 0 radical (unpaired) electrons. The van der Waals surface area contributed by atoms with Crippen LogP contribution in [0.1, 0.15) is 15.9 Å². The van der Waals surface area contributed by atoms with E-state index in [0.717, 1.165) is 10.0 Å². The summed E-state index contributed by atoms with van der Waals surface area (Å²) >= 11 is 3.28. The van der Waals surface area contributed by atoms with Crippen molar-refractivity contribution in [3.8, 4) is 0 Å². The van der Waals surface area contributed by atoms with Crippen molar-refractivity contribution in [1.29, 1.82) is 0 Å². The summed E-state index contributed by atoms with van der Waals surface area (Å²) < 4.78 is 39.7. The number of carbonyl (C=O) groups excluding carboxylic acids is 1. The first kappa shape index (κ1) is 14.6. The molecule has 2 aromatic carbocycles. The quantitative estimate of drug-likeness (QED) is 0.844. The standard InChI is InChI=1S/C14H9BrF3NO/c15-10-3-1-8(2-4-10)7-19-14(20)9-5-11(16)13(18)12(17)6-9/h1-6H,7H2,(H,19,20). The van der Waals surface area contributed by atoms with Crippen molar-refractivity contribution in [3.63, 3.8) is 0 Å². The van der Waals surface area contributed by atoms with Crippen molar-refractivity contribution >= 4 is 21.8 Å². The Hall–Kier alpha value is -1.82. The van der Waals surface area contributed by atoms with E-state index >= 15 is 0 Å². The number of benzene rings is 2. The molecule has 2 aromatic rings. The van der Waals surface area contributed by atoms with Gasteiger partial charge in [0.25, 0.3) is 5.91 Å². The molecule has 0 aromatic heterocycles. The van der Waals surface area contributed by atoms with Crippen LogP contribution in [-0.2, 0) is 6.54 Å². The molecule has 20 heavy (non-hydrogen) atoms. The predicted molar refractivity (Wildman–Crippen MR) is 71.6 cm³/mol. The molecule has 2 nitrogen and oxygen atoms in total. The van der Waals surface area contributed by atoms with Crippen LogP contribution in [0.2, 0.25) is 0 Å². The van der Waals surface area contributed by atoms with E-state index in [-0.39, 0.29) is 12.1 Å². The Balaban J connectivity index is 2.07. The lowest BCUT2D eigenvalue weighted by molar-refractivity contribution is 0.0949. The number of nitrogens with one attached hydrogen (secondary N) is 1. The smallest absolute Gasteiger partial charge is 0.251 e. The third-order valence-corrected chi connectivity index (χ3v) is 3.14. The monoisotopic (exact) mass is 343 g/mol. The second kappa shape index (κ2) is 6.09. The number of rotatable bonds is 3. The van der Waals surface area contributed by atoms with Crippen molar-refractivity contribution in [2.24, 2.45) is 0 Å². The van der Waals surface area contributed by atoms with Crippen LogP contribution in [0.3, 0.4) is 0 Å². The van der Waals surface area contributed by atoms with Crippen molar-refractivity contribution in [2.75, 3.05) is 0 Å². The second-order valence-electron chi connectivity index (χ2n) is 4.06. The van der Waals surface area contributed by atoms with Crippen LogP contribution in [0.5, 0.6) is 0 Å².